The van der Waals surface area contributed by atoms with Gasteiger partial charge in [0.25, 0.3) is 0 Å². The maximum Gasteiger partial charge on any atom is 0.320 e. The lowest BCUT2D eigenvalue weighted by atomic mass is 10.0. The first-order chi connectivity index (χ1) is 10.9. The number of carboxylic acids is 1. The highest BCUT2D eigenvalue weighted by Gasteiger charge is 2.17. The molecule has 1 heterocycles. The van der Waals surface area contributed by atoms with Crippen LogP contribution in [0.2, 0.25) is 0 Å². The first-order valence-electron chi connectivity index (χ1n) is 9.03. The predicted molar refractivity (Wildman–Crippen MR) is 96.9 cm³/mol. The Balaban J connectivity index is 0.000000468. The number of carboxylic acid groups (broad SMARTS) is 1. The fourth-order valence-corrected chi connectivity index (χ4v) is 2.33. The summed E-state index contributed by atoms with van der Waals surface area (Å²) in [6, 6.07) is -0.699. The Bertz CT molecular complexity index is 334. The number of carbonyl (C=O) groups is 1. The number of hydrogen-bond donors (Lipinski definition) is 2. The molecule has 0 aromatic rings. The van der Waals surface area contributed by atoms with Gasteiger partial charge in [-0.15, -0.1) is 0 Å². The van der Waals surface area contributed by atoms with E-state index in [0.717, 1.165) is 13.1 Å². The second-order valence-electron chi connectivity index (χ2n) is 6.53. The first-order valence-corrected chi connectivity index (χ1v) is 9.03. The van der Waals surface area contributed by atoms with Gasteiger partial charge in [-0.2, -0.15) is 0 Å². The largest absolute Gasteiger partial charge is 0.480 e. The molecule has 5 nitrogen and oxygen atoms in total. The lowest BCUT2D eigenvalue weighted by molar-refractivity contribution is -0.139. The van der Waals surface area contributed by atoms with Gasteiger partial charge in [-0.05, 0) is 12.3 Å². The zero-order chi connectivity index (χ0) is 17.7. The Morgan fingerprint density at radius 2 is 1.78 bits per heavy atom. The third kappa shape index (κ3) is 11.0. The summed E-state index contributed by atoms with van der Waals surface area (Å²) in [5.74, 6) is -0.841. The predicted octanol–water partition coefficient (Wildman–Crippen LogP) is 3.47. The van der Waals surface area contributed by atoms with Gasteiger partial charge in [0.2, 0.25) is 0 Å². The molecule has 0 saturated heterocycles. The number of nitrogens with zero attached hydrogens (tertiary/aromatic N) is 2. The van der Waals surface area contributed by atoms with Crippen LogP contribution in [0.3, 0.4) is 0 Å². The van der Waals surface area contributed by atoms with E-state index >= 15 is 0 Å². The highest BCUT2D eigenvalue weighted by atomic mass is 16.4. The van der Waals surface area contributed by atoms with E-state index in [1.54, 1.807) is 0 Å². The van der Waals surface area contributed by atoms with Gasteiger partial charge in [0.15, 0.2) is 0 Å². The molecule has 0 aromatic carbocycles. The number of nitrogens with two attached hydrogens (primary N) is 1. The average molecular weight is 328 g/mol. The molecule has 1 aliphatic heterocycles. The molecule has 0 amide bonds. The molecule has 1 rings (SSSR count). The average Bonchev–Trinajstić information content (AvgIpc) is 2.95. The maximum atomic E-state index is 10.2. The first kappa shape index (κ1) is 21.8. The van der Waals surface area contributed by atoms with Crippen molar-refractivity contribution in [1.29, 1.82) is 0 Å². The van der Waals surface area contributed by atoms with Crippen molar-refractivity contribution in [2.45, 2.75) is 71.8 Å². The molecule has 5 heteroatoms. The molecule has 0 unspecified atom stereocenters. The molecule has 0 aromatic heterocycles. The van der Waals surface area contributed by atoms with Crippen molar-refractivity contribution in [2.24, 2.45) is 11.7 Å². The summed E-state index contributed by atoms with van der Waals surface area (Å²) in [4.78, 5) is 14.8. The Kier molecular flexibility index (Phi) is 12.5. The van der Waals surface area contributed by atoms with Crippen LogP contribution in [0.4, 0.5) is 0 Å². The van der Waals surface area contributed by atoms with Gasteiger partial charge < -0.3 is 20.6 Å². The zero-order valence-electron chi connectivity index (χ0n) is 15.5. The van der Waals surface area contributed by atoms with Gasteiger partial charge in [0.1, 0.15) is 6.04 Å². The summed E-state index contributed by atoms with van der Waals surface area (Å²) in [5.41, 5.74) is 5.27. The Morgan fingerprint density at radius 1 is 1.17 bits per heavy atom. The quantitative estimate of drug-likeness (QED) is 0.601. The fraction of sp³-hybridized carbons (Fsp3) is 0.833. The van der Waals surface area contributed by atoms with Crippen LogP contribution in [0.1, 0.15) is 65.7 Å². The van der Waals surface area contributed by atoms with E-state index in [1.165, 1.54) is 45.1 Å². The van der Waals surface area contributed by atoms with Crippen LogP contribution in [0.5, 0.6) is 0 Å². The van der Waals surface area contributed by atoms with Crippen LogP contribution in [0.25, 0.3) is 0 Å². The minimum Gasteiger partial charge on any atom is -0.480 e. The van der Waals surface area contributed by atoms with Gasteiger partial charge >= 0.3 is 5.97 Å². The molecule has 0 spiro atoms. The molecule has 3 N–H and O–H groups in total. The van der Waals surface area contributed by atoms with Crippen LogP contribution in [0.15, 0.2) is 12.4 Å². The Morgan fingerprint density at radius 3 is 2.22 bits per heavy atom. The van der Waals surface area contributed by atoms with Crippen molar-refractivity contribution >= 4 is 5.97 Å². The van der Waals surface area contributed by atoms with Crippen LogP contribution in [-0.2, 0) is 4.79 Å². The van der Waals surface area contributed by atoms with Crippen molar-refractivity contribution in [1.82, 2.24) is 9.80 Å². The number of unbranched alkanes of at least 4 members (excludes halogenated alkanes) is 5. The number of rotatable bonds is 10. The normalized spacial score (nSPS) is 16.0. The lowest BCUT2D eigenvalue weighted by Crippen LogP contribution is -2.36. The van der Waals surface area contributed by atoms with Crippen molar-refractivity contribution in [3.8, 4) is 0 Å². The van der Waals surface area contributed by atoms with Gasteiger partial charge in [0, 0.05) is 26.0 Å². The smallest absolute Gasteiger partial charge is 0.320 e. The van der Waals surface area contributed by atoms with E-state index in [4.69, 9.17) is 10.8 Å². The molecular formula is C18H37N3O2. The highest BCUT2D eigenvalue weighted by Crippen LogP contribution is 2.09. The summed E-state index contributed by atoms with van der Waals surface area (Å²) in [5, 5.41) is 8.36. The molecule has 2 atom stereocenters. The highest BCUT2D eigenvalue weighted by molar-refractivity contribution is 5.73. The topological polar surface area (TPSA) is 69.8 Å². The summed E-state index contributed by atoms with van der Waals surface area (Å²) in [6.45, 7) is 8.33. The second-order valence-corrected chi connectivity index (χ2v) is 6.53. The van der Waals surface area contributed by atoms with Crippen LogP contribution in [0, 0.1) is 5.92 Å². The molecule has 0 radical (unpaired) electrons. The maximum absolute atomic E-state index is 10.2. The molecule has 0 saturated carbocycles. The van der Waals surface area contributed by atoms with E-state index in [9.17, 15) is 4.79 Å². The molecule has 1 aliphatic rings. The Labute approximate surface area is 142 Å². The molecule has 0 bridgehead atoms. The molecule has 136 valence electrons. The third-order valence-electron chi connectivity index (χ3n) is 4.28. The minimum atomic E-state index is -0.913. The van der Waals surface area contributed by atoms with Crippen molar-refractivity contribution in [3.63, 3.8) is 0 Å². The van der Waals surface area contributed by atoms with Crippen molar-refractivity contribution in [2.75, 3.05) is 20.3 Å². The van der Waals surface area contributed by atoms with Crippen molar-refractivity contribution in [3.05, 3.63) is 12.4 Å². The molecule has 0 aliphatic carbocycles. The number of hydrogen-bond acceptors (Lipinski definition) is 4. The second kappa shape index (κ2) is 13.2. The van der Waals surface area contributed by atoms with Gasteiger partial charge in [0.05, 0.1) is 6.67 Å². The molecule has 0 fully saturated rings. The SMILES string of the molecule is CCCCCCCCN1C=CN(C)C1.CC[C@H](C)[C@H](N)C(=O)O. The third-order valence-corrected chi connectivity index (χ3v) is 4.28. The van der Waals surface area contributed by atoms with Gasteiger partial charge in [-0.1, -0.05) is 59.3 Å². The summed E-state index contributed by atoms with van der Waals surface area (Å²) < 4.78 is 0. The monoisotopic (exact) mass is 327 g/mol. The number of aliphatic carboxylic acids is 1. The summed E-state index contributed by atoms with van der Waals surface area (Å²) in [6.07, 6.45) is 13.5. The van der Waals surface area contributed by atoms with Crippen LogP contribution < -0.4 is 5.73 Å². The van der Waals surface area contributed by atoms with E-state index < -0.39 is 12.0 Å². The standard InChI is InChI=1S/C12H24N2.C6H13NO2/c1-3-4-5-6-7-8-9-14-11-10-13(2)12-14;1-3-4(2)5(7)6(8)9/h10-11H,3-9,12H2,1-2H3;4-5H,3,7H2,1-2H3,(H,8,9)/t;4-,5-/m.0/s1. The van der Waals surface area contributed by atoms with Crippen LogP contribution >= 0.6 is 0 Å². The lowest BCUT2D eigenvalue weighted by Gasteiger charge is -2.17. The summed E-state index contributed by atoms with van der Waals surface area (Å²) in [7, 11) is 2.12. The van der Waals surface area contributed by atoms with E-state index in [0.29, 0.717) is 0 Å². The van der Waals surface area contributed by atoms with Gasteiger partial charge in [-0.25, -0.2) is 0 Å². The molecular weight excluding hydrogens is 290 g/mol. The van der Waals surface area contributed by atoms with E-state index in [2.05, 4.69) is 36.2 Å². The Hall–Kier alpha value is -1.23. The van der Waals surface area contributed by atoms with E-state index in [-0.39, 0.29) is 5.92 Å². The minimum absolute atomic E-state index is 0.0718. The van der Waals surface area contributed by atoms with Gasteiger partial charge in [-0.3, -0.25) is 4.79 Å². The fourth-order valence-electron chi connectivity index (χ4n) is 2.33. The summed E-state index contributed by atoms with van der Waals surface area (Å²) >= 11 is 0. The van der Waals surface area contributed by atoms with Crippen molar-refractivity contribution < 1.29 is 9.90 Å². The van der Waals surface area contributed by atoms with Crippen LogP contribution in [-0.4, -0.2) is 47.2 Å². The molecule has 23 heavy (non-hydrogen) atoms. The zero-order valence-corrected chi connectivity index (χ0v) is 15.5. The van der Waals surface area contributed by atoms with E-state index in [1.807, 2.05) is 13.8 Å².